The van der Waals surface area contributed by atoms with Crippen molar-refractivity contribution >= 4 is 33.9 Å². The van der Waals surface area contributed by atoms with Crippen LogP contribution in [-0.2, 0) is 8.94 Å². The molecule has 0 radical (unpaired) electrons. The molecule has 0 aliphatic carbocycles. The molecular formula is C11H16ClNOSSi. The predicted molar refractivity (Wildman–Crippen MR) is 75.2 cm³/mol. The Morgan fingerprint density at radius 3 is 2.31 bits per heavy atom. The van der Waals surface area contributed by atoms with Gasteiger partial charge in [0.05, 0.1) is 0 Å². The number of halogens is 1. The van der Waals surface area contributed by atoms with Crippen molar-refractivity contribution in [1.29, 1.82) is 0 Å². The molecule has 0 bridgehead atoms. The summed E-state index contributed by atoms with van der Waals surface area (Å²) in [6.45, 7) is 6.02. The Morgan fingerprint density at radius 1 is 1.25 bits per heavy atom. The second kappa shape index (κ2) is 5.16. The fourth-order valence-electron chi connectivity index (χ4n) is 1.13. The monoisotopic (exact) mass is 273 g/mol. The highest BCUT2D eigenvalue weighted by atomic mass is 35.7. The molecule has 0 aliphatic heterocycles. The highest BCUT2D eigenvalue weighted by Crippen LogP contribution is 2.14. The fraction of sp³-hybridized carbons (Fsp3) is 0.273. The highest BCUT2D eigenvalue weighted by Gasteiger charge is 2.14. The van der Waals surface area contributed by atoms with Crippen molar-refractivity contribution < 1.29 is 4.21 Å². The van der Waals surface area contributed by atoms with Crippen molar-refractivity contribution in [3.8, 4) is 0 Å². The van der Waals surface area contributed by atoms with E-state index in [2.05, 4.69) is 4.03 Å². The van der Waals surface area contributed by atoms with Gasteiger partial charge in [-0.15, -0.1) is 0 Å². The molecule has 2 nitrogen and oxygen atoms in total. The standard InChI is InChI=1S/C11H16ClNOSSi/c1-16(2,3)13-15(12,14)10-9-11-7-5-4-6-8-11/h4-10H,1-3H3/b10-9+. The number of benzene rings is 1. The van der Waals surface area contributed by atoms with E-state index in [1.165, 1.54) is 5.41 Å². The van der Waals surface area contributed by atoms with Crippen LogP contribution in [0.2, 0.25) is 19.6 Å². The third-order valence-electron chi connectivity index (χ3n) is 1.63. The predicted octanol–water partition coefficient (Wildman–Crippen LogP) is 4.11. The van der Waals surface area contributed by atoms with Crippen molar-refractivity contribution in [1.82, 2.24) is 0 Å². The van der Waals surface area contributed by atoms with Crippen LogP contribution < -0.4 is 0 Å². The van der Waals surface area contributed by atoms with Gasteiger partial charge in [0.2, 0.25) is 0 Å². The molecular weight excluding hydrogens is 258 g/mol. The Morgan fingerprint density at radius 2 is 1.81 bits per heavy atom. The second-order valence-corrected chi connectivity index (χ2v) is 12.1. The van der Waals surface area contributed by atoms with Crippen LogP contribution in [0.5, 0.6) is 0 Å². The molecule has 0 aliphatic rings. The third-order valence-corrected chi connectivity index (χ3v) is 6.21. The van der Waals surface area contributed by atoms with E-state index in [1.54, 1.807) is 6.08 Å². The van der Waals surface area contributed by atoms with E-state index in [-0.39, 0.29) is 0 Å². The zero-order valence-corrected chi connectivity index (χ0v) is 12.3. The van der Waals surface area contributed by atoms with E-state index >= 15 is 0 Å². The van der Waals surface area contributed by atoms with Gasteiger partial charge in [-0.25, -0.2) is 4.21 Å². The van der Waals surface area contributed by atoms with Crippen molar-refractivity contribution in [2.75, 3.05) is 0 Å². The van der Waals surface area contributed by atoms with Crippen LogP contribution in [0, 0.1) is 0 Å². The minimum absolute atomic E-state index is 0.974. The van der Waals surface area contributed by atoms with Crippen LogP contribution >= 0.6 is 10.7 Å². The van der Waals surface area contributed by atoms with Gasteiger partial charge in [0.15, 0.2) is 8.24 Å². The summed E-state index contributed by atoms with van der Waals surface area (Å²) in [5.41, 5.74) is 0.974. The Balaban J connectivity index is 2.94. The average molecular weight is 274 g/mol. The van der Waals surface area contributed by atoms with Crippen LogP contribution in [0.1, 0.15) is 5.56 Å². The minimum atomic E-state index is -2.71. The topological polar surface area (TPSA) is 29.4 Å². The Labute approximate surface area is 103 Å². The molecule has 0 saturated carbocycles. The second-order valence-electron chi connectivity index (χ2n) is 4.47. The molecule has 16 heavy (non-hydrogen) atoms. The van der Waals surface area contributed by atoms with E-state index in [4.69, 9.17) is 10.7 Å². The SMILES string of the molecule is C[Si](C)(C)N=S(=O)(Cl)/C=C/c1ccccc1. The van der Waals surface area contributed by atoms with Crippen molar-refractivity contribution in [3.63, 3.8) is 0 Å². The summed E-state index contributed by atoms with van der Waals surface area (Å²) in [5, 5.41) is 1.49. The zero-order chi connectivity index (χ0) is 12.2. The van der Waals surface area contributed by atoms with E-state index in [0.29, 0.717) is 0 Å². The first-order valence-electron chi connectivity index (χ1n) is 5.00. The smallest absolute Gasteiger partial charge is 0.186 e. The largest absolute Gasteiger partial charge is 0.262 e. The van der Waals surface area contributed by atoms with Gasteiger partial charge in [-0.1, -0.05) is 30.3 Å². The molecule has 88 valence electrons. The molecule has 0 aromatic heterocycles. The lowest BCUT2D eigenvalue weighted by Gasteiger charge is -2.08. The first-order valence-corrected chi connectivity index (χ1v) is 10.8. The number of nitrogens with zero attached hydrogens (tertiary/aromatic N) is 1. The number of hydrogen-bond acceptors (Lipinski definition) is 2. The van der Waals surface area contributed by atoms with Gasteiger partial charge in [-0.05, 0) is 31.3 Å². The van der Waals surface area contributed by atoms with Gasteiger partial charge < -0.3 is 0 Å². The molecule has 0 saturated heterocycles. The Hall–Kier alpha value is -0.583. The van der Waals surface area contributed by atoms with E-state index in [1.807, 2.05) is 50.0 Å². The van der Waals surface area contributed by atoms with Gasteiger partial charge >= 0.3 is 0 Å². The summed E-state index contributed by atoms with van der Waals surface area (Å²) < 4.78 is 16.1. The van der Waals surface area contributed by atoms with Gasteiger partial charge in [0, 0.05) is 16.1 Å². The molecule has 1 rings (SSSR count). The molecule has 0 fully saturated rings. The summed E-state index contributed by atoms with van der Waals surface area (Å²) in [7, 11) is 1.41. The van der Waals surface area contributed by atoms with Crippen LogP contribution in [0.15, 0.2) is 39.8 Å². The molecule has 1 unspecified atom stereocenters. The molecule has 5 heteroatoms. The maximum Gasteiger partial charge on any atom is 0.186 e. The van der Waals surface area contributed by atoms with Crippen molar-refractivity contribution in [3.05, 3.63) is 41.3 Å². The van der Waals surface area contributed by atoms with Crippen molar-refractivity contribution in [2.24, 2.45) is 4.03 Å². The van der Waals surface area contributed by atoms with Gasteiger partial charge in [0.1, 0.15) is 8.94 Å². The van der Waals surface area contributed by atoms with Crippen LogP contribution in [0.3, 0.4) is 0 Å². The van der Waals surface area contributed by atoms with Crippen molar-refractivity contribution in [2.45, 2.75) is 19.6 Å². The van der Waals surface area contributed by atoms with Gasteiger partial charge in [0.25, 0.3) is 0 Å². The summed E-state index contributed by atoms with van der Waals surface area (Å²) >= 11 is 0. The van der Waals surface area contributed by atoms with E-state index < -0.39 is 17.2 Å². The van der Waals surface area contributed by atoms with Gasteiger partial charge in [-0.3, -0.25) is 4.03 Å². The number of hydrogen-bond donors (Lipinski definition) is 0. The van der Waals surface area contributed by atoms with E-state index in [0.717, 1.165) is 5.56 Å². The Kier molecular flexibility index (Phi) is 4.35. The lowest BCUT2D eigenvalue weighted by molar-refractivity contribution is 0.691. The normalized spacial score (nSPS) is 16.0. The summed E-state index contributed by atoms with van der Waals surface area (Å²) in [6, 6.07) is 9.63. The summed E-state index contributed by atoms with van der Waals surface area (Å²) in [6.07, 6.45) is 1.75. The first-order chi connectivity index (χ1) is 7.29. The highest BCUT2D eigenvalue weighted by molar-refractivity contribution is 8.18. The molecule has 0 heterocycles. The maximum atomic E-state index is 11.9. The number of rotatable bonds is 3. The molecule has 1 aromatic rings. The Bertz CT molecular complexity index is 484. The summed E-state index contributed by atoms with van der Waals surface area (Å²) in [4.78, 5) is 0. The van der Waals surface area contributed by atoms with E-state index in [9.17, 15) is 4.21 Å². The molecule has 0 N–H and O–H groups in total. The average Bonchev–Trinajstić information content (AvgIpc) is 2.13. The molecule has 0 spiro atoms. The minimum Gasteiger partial charge on any atom is -0.262 e. The lowest BCUT2D eigenvalue weighted by atomic mass is 10.2. The quantitative estimate of drug-likeness (QED) is 0.602. The van der Waals surface area contributed by atoms with Crippen LogP contribution in [0.25, 0.3) is 6.08 Å². The molecule has 1 atom stereocenters. The zero-order valence-electron chi connectivity index (χ0n) is 9.68. The van der Waals surface area contributed by atoms with Gasteiger partial charge in [-0.2, -0.15) is 0 Å². The van der Waals surface area contributed by atoms with Crippen LogP contribution in [0.4, 0.5) is 0 Å². The lowest BCUT2D eigenvalue weighted by Crippen LogP contribution is -2.17. The molecule has 1 aromatic carbocycles. The molecule has 0 amide bonds. The van der Waals surface area contributed by atoms with Crippen LogP contribution in [-0.4, -0.2) is 12.4 Å². The maximum absolute atomic E-state index is 11.9. The first kappa shape index (κ1) is 13.5. The third kappa shape index (κ3) is 5.49. The summed E-state index contributed by atoms with van der Waals surface area (Å²) in [5.74, 6) is 0. The fourth-order valence-corrected chi connectivity index (χ4v) is 6.70.